The average Bonchev–Trinajstić information content (AvgIpc) is 2.95. The van der Waals surface area contributed by atoms with E-state index in [9.17, 15) is 0 Å². The van der Waals surface area contributed by atoms with E-state index in [1.807, 2.05) is 12.3 Å². The largest absolute Gasteiger partial charge is 0.382 e. The Bertz CT molecular complexity index is 585. The Hall–Kier alpha value is -0.940. The first-order valence-electron chi connectivity index (χ1n) is 6.85. The Labute approximate surface area is 134 Å². The van der Waals surface area contributed by atoms with Gasteiger partial charge in [-0.05, 0) is 31.0 Å². The van der Waals surface area contributed by atoms with Gasteiger partial charge in [0.05, 0.1) is 30.9 Å². The average molecular weight is 326 g/mol. The molecule has 1 aromatic carbocycles. The van der Waals surface area contributed by atoms with Crippen LogP contribution in [0.25, 0.3) is 10.6 Å². The minimum Gasteiger partial charge on any atom is -0.382 e. The molecule has 1 unspecified atom stereocenters. The Balaban J connectivity index is 2.06. The molecule has 0 aliphatic heterocycles. The molecular formula is C16H20ClNO2S. The number of ether oxygens (including phenoxy) is 2. The summed E-state index contributed by atoms with van der Waals surface area (Å²) in [5.74, 6) is 0.457. The molecule has 0 saturated heterocycles. The van der Waals surface area contributed by atoms with E-state index in [0.717, 1.165) is 16.3 Å². The van der Waals surface area contributed by atoms with E-state index in [4.69, 9.17) is 21.1 Å². The van der Waals surface area contributed by atoms with E-state index in [2.05, 4.69) is 30.1 Å². The predicted octanol–water partition coefficient (Wildman–Crippen LogP) is 4.41. The molecule has 0 saturated carbocycles. The fraction of sp³-hybridized carbons (Fsp3) is 0.438. The Morgan fingerprint density at radius 2 is 2.19 bits per heavy atom. The molecule has 1 heterocycles. The second-order valence-corrected chi connectivity index (χ2v) is 6.12. The van der Waals surface area contributed by atoms with E-state index in [1.54, 1.807) is 18.4 Å². The van der Waals surface area contributed by atoms with Crippen LogP contribution in [0.5, 0.6) is 0 Å². The monoisotopic (exact) mass is 325 g/mol. The van der Waals surface area contributed by atoms with Gasteiger partial charge < -0.3 is 9.47 Å². The van der Waals surface area contributed by atoms with Gasteiger partial charge in [-0.1, -0.05) is 12.1 Å². The molecule has 0 amide bonds. The lowest BCUT2D eigenvalue weighted by Gasteiger charge is -2.13. The first-order valence-corrected chi connectivity index (χ1v) is 8.26. The van der Waals surface area contributed by atoms with Crippen molar-refractivity contribution >= 4 is 22.9 Å². The summed E-state index contributed by atoms with van der Waals surface area (Å²) in [4.78, 5) is 4.51. The molecule has 1 atom stereocenters. The number of nitrogens with zero attached hydrogens (tertiary/aromatic N) is 1. The zero-order valence-corrected chi connectivity index (χ0v) is 14.1. The molecule has 2 aromatic rings. The van der Waals surface area contributed by atoms with Gasteiger partial charge in [0.1, 0.15) is 5.01 Å². The van der Waals surface area contributed by atoms with Gasteiger partial charge in [0.15, 0.2) is 0 Å². The van der Waals surface area contributed by atoms with Crippen LogP contribution in [0.15, 0.2) is 23.6 Å². The van der Waals surface area contributed by atoms with E-state index in [-0.39, 0.29) is 6.10 Å². The molecule has 0 aliphatic carbocycles. The highest BCUT2D eigenvalue weighted by molar-refractivity contribution is 7.13. The maximum absolute atomic E-state index is 5.80. The summed E-state index contributed by atoms with van der Waals surface area (Å²) in [5.41, 5.74) is 4.45. The number of alkyl halides is 1. The number of thiazole rings is 1. The summed E-state index contributed by atoms with van der Waals surface area (Å²) in [7, 11) is 1.68. The van der Waals surface area contributed by atoms with Crippen LogP contribution in [0, 0.1) is 6.92 Å². The second-order valence-electron chi connectivity index (χ2n) is 5.00. The summed E-state index contributed by atoms with van der Waals surface area (Å²) in [5, 5.41) is 3.01. The lowest BCUT2D eigenvalue weighted by Crippen LogP contribution is -2.14. The van der Waals surface area contributed by atoms with Crippen LogP contribution in [-0.2, 0) is 22.0 Å². The lowest BCUT2D eigenvalue weighted by molar-refractivity contribution is -0.000292. The maximum atomic E-state index is 5.80. The highest BCUT2D eigenvalue weighted by Gasteiger charge is 2.08. The smallest absolute Gasteiger partial charge is 0.123 e. The second kappa shape index (κ2) is 7.90. The minimum absolute atomic E-state index is 0.0966. The van der Waals surface area contributed by atoms with Gasteiger partial charge in [-0.3, -0.25) is 0 Å². The highest BCUT2D eigenvalue weighted by atomic mass is 35.5. The summed E-state index contributed by atoms with van der Waals surface area (Å²) in [6.45, 7) is 5.31. The predicted molar refractivity (Wildman–Crippen MR) is 88.0 cm³/mol. The molecule has 0 N–H and O–H groups in total. The third kappa shape index (κ3) is 4.51. The van der Waals surface area contributed by atoms with Gasteiger partial charge >= 0.3 is 0 Å². The van der Waals surface area contributed by atoms with Crippen molar-refractivity contribution in [2.45, 2.75) is 32.4 Å². The molecule has 0 fully saturated rings. The van der Waals surface area contributed by atoms with Crippen LogP contribution < -0.4 is 0 Å². The molecule has 2 rings (SSSR count). The highest BCUT2D eigenvalue weighted by Crippen LogP contribution is 2.26. The molecule has 114 valence electrons. The summed E-state index contributed by atoms with van der Waals surface area (Å²) >= 11 is 7.42. The Kier molecular flexibility index (Phi) is 6.18. The number of aromatic nitrogens is 1. The number of hydrogen-bond acceptors (Lipinski definition) is 4. The molecule has 5 heteroatoms. The zero-order valence-electron chi connectivity index (χ0n) is 12.6. The standard InChI is InChI=1S/C16H20ClNO2S/c1-11-6-13(16-18-15(7-17)10-21-16)4-5-14(11)9-20-12(2)8-19-3/h4-6,10,12H,7-9H2,1-3H3. The van der Waals surface area contributed by atoms with Gasteiger partial charge in [-0.15, -0.1) is 22.9 Å². The molecule has 3 nitrogen and oxygen atoms in total. The molecule has 0 aliphatic rings. The van der Waals surface area contributed by atoms with Crippen LogP contribution >= 0.6 is 22.9 Å². The lowest BCUT2D eigenvalue weighted by atomic mass is 10.1. The van der Waals surface area contributed by atoms with Crippen molar-refractivity contribution < 1.29 is 9.47 Å². The van der Waals surface area contributed by atoms with Crippen LogP contribution in [0.3, 0.4) is 0 Å². The van der Waals surface area contributed by atoms with Crippen molar-refractivity contribution in [3.63, 3.8) is 0 Å². The third-order valence-corrected chi connectivity index (χ3v) is 4.42. The number of hydrogen-bond donors (Lipinski definition) is 0. The van der Waals surface area contributed by atoms with E-state index in [0.29, 0.717) is 19.1 Å². The topological polar surface area (TPSA) is 31.4 Å². The number of benzene rings is 1. The molecule has 21 heavy (non-hydrogen) atoms. The van der Waals surface area contributed by atoms with Gasteiger partial charge in [-0.25, -0.2) is 4.98 Å². The molecular weight excluding hydrogens is 306 g/mol. The molecule has 0 spiro atoms. The van der Waals surface area contributed by atoms with E-state index in [1.165, 1.54) is 11.1 Å². The quantitative estimate of drug-likeness (QED) is 0.707. The minimum atomic E-state index is 0.0966. The number of aryl methyl sites for hydroxylation is 1. The van der Waals surface area contributed by atoms with Crippen molar-refractivity contribution in [2.24, 2.45) is 0 Å². The van der Waals surface area contributed by atoms with Gasteiger partial charge in [0.2, 0.25) is 0 Å². The summed E-state index contributed by atoms with van der Waals surface area (Å²) in [6, 6.07) is 6.34. The van der Waals surface area contributed by atoms with Gasteiger partial charge in [-0.2, -0.15) is 0 Å². The van der Waals surface area contributed by atoms with Crippen LogP contribution in [0.2, 0.25) is 0 Å². The Morgan fingerprint density at radius 1 is 1.38 bits per heavy atom. The number of halogens is 1. The Morgan fingerprint density at radius 3 is 2.81 bits per heavy atom. The molecule has 0 bridgehead atoms. The zero-order chi connectivity index (χ0) is 15.2. The van der Waals surface area contributed by atoms with E-state index >= 15 is 0 Å². The SMILES string of the molecule is COCC(C)OCc1ccc(-c2nc(CCl)cs2)cc1C. The van der Waals surface area contributed by atoms with Crippen LogP contribution in [-0.4, -0.2) is 24.8 Å². The van der Waals surface area contributed by atoms with E-state index < -0.39 is 0 Å². The van der Waals surface area contributed by atoms with Gasteiger partial charge in [0, 0.05) is 18.1 Å². The number of rotatable bonds is 7. The van der Waals surface area contributed by atoms with Crippen molar-refractivity contribution in [1.29, 1.82) is 0 Å². The third-order valence-electron chi connectivity index (χ3n) is 3.20. The molecule has 0 radical (unpaired) electrons. The first kappa shape index (κ1) is 16.4. The van der Waals surface area contributed by atoms with Crippen LogP contribution in [0.4, 0.5) is 0 Å². The van der Waals surface area contributed by atoms with Crippen molar-refractivity contribution in [1.82, 2.24) is 4.98 Å². The van der Waals surface area contributed by atoms with Gasteiger partial charge in [0.25, 0.3) is 0 Å². The normalized spacial score (nSPS) is 12.6. The fourth-order valence-electron chi connectivity index (χ4n) is 2.01. The maximum Gasteiger partial charge on any atom is 0.123 e. The van der Waals surface area contributed by atoms with Crippen molar-refractivity contribution in [3.8, 4) is 10.6 Å². The van der Waals surface area contributed by atoms with Crippen molar-refractivity contribution in [2.75, 3.05) is 13.7 Å². The van der Waals surface area contributed by atoms with Crippen LogP contribution in [0.1, 0.15) is 23.7 Å². The summed E-state index contributed by atoms with van der Waals surface area (Å²) in [6.07, 6.45) is 0.0966. The van der Waals surface area contributed by atoms with Crippen molar-refractivity contribution in [3.05, 3.63) is 40.4 Å². The first-order chi connectivity index (χ1) is 10.1. The fourth-order valence-corrected chi connectivity index (χ4v) is 3.05. The summed E-state index contributed by atoms with van der Waals surface area (Å²) < 4.78 is 10.8. The number of methoxy groups -OCH3 is 1. The molecule has 1 aromatic heterocycles.